The summed E-state index contributed by atoms with van der Waals surface area (Å²) in [5.41, 5.74) is 8.28. The highest BCUT2D eigenvalue weighted by molar-refractivity contribution is 5.91. The van der Waals surface area contributed by atoms with Crippen molar-refractivity contribution in [3.8, 4) is 22.3 Å². The summed E-state index contributed by atoms with van der Waals surface area (Å²) in [5, 5.41) is 3.46. The molecule has 0 aliphatic heterocycles. The quantitative estimate of drug-likeness (QED) is 0.388. The zero-order valence-electron chi connectivity index (χ0n) is 16.5. The van der Waals surface area contributed by atoms with Gasteiger partial charge >= 0.3 is 0 Å². The van der Waals surface area contributed by atoms with E-state index in [1.807, 2.05) is 42.5 Å². The average Bonchev–Trinajstić information content (AvgIpc) is 2.97. The molecule has 0 heterocycles. The third-order valence-electron chi connectivity index (χ3n) is 5.94. The molecule has 4 aromatic carbocycles. The van der Waals surface area contributed by atoms with Crippen LogP contribution in [0, 0.1) is 5.82 Å². The molecule has 1 aliphatic carbocycles. The lowest BCUT2D eigenvalue weighted by Crippen LogP contribution is -2.14. The van der Waals surface area contributed by atoms with Gasteiger partial charge in [-0.05, 0) is 46.5 Å². The molecule has 0 saturated heterocycles. The number of halogens is 1. The van der Waals surface area contributed by atoms with Crippen LogP contribution in [0.3, 0.4) is 0 Å². The minimum atomic E-state index is -0.227. The monoisotopic (exact) mass is 379 g/mol. The SMILES string of the molecule is CC1(C)c2ccccc2-c2c(Nc3ccc(-c4ccccc4)c(F)c3)cccc21. The maximum absolute atomic E-state index is 14.8. The third-order valence-corrected chi connectivity index (χ3v) is 5.94. The smallest absolute Gasteiger partial charge is 0.133 e. The Balaban J connectivity index is 1.56. The number of anilines is 2. The Labute approximate surface area is 170 Å². The number of nitrogens with one attached hydrogen (secondary N) is 1. The number of hydrogen-bond donors (Lipinski definition) is 1. The van der Waals surface area contributed by atoms with Gasteiger partial charge in [-0.15, -0.1) is 0 Å². The molecule has 1 nitrogen and oxygen atoms in total. The van der Waals surface area contributed by atoms with Crippen LogP contribution in [-0.4, -0.2) is 0 Å². The van der Waals surface area contributed by atoms with Gasteiger partial charge in [0.05, 0.1) is 0 Å². The van der Waals surface area contributed by atoms with Crippen LogP contribution in [0.5, 0.6) is 0 Å². The Bertz CT molecular complexity index is 1210. The summed E-state index contributed by atoms with van der Waals surface area (Å²) in [6.45, 7) is 4.52. The van der Waals surface area contributed by atoms with Crippen molar-refractivity contribution in [2.24, 2.45) is 0 Å². The Hall–Kier alpha value is -3.39. The van der Waals surface area contributed by atoms with E-state index in [1.54, 1.807) is 6.07 Å². The lowest BCUT2D eigenvalue weighted by atomic mass is 9.82. The fourth-order valence-corrected chi connectivity index (χ4v) is 4.46. The molecule has 1 N–H and O–H groups in total. The molecule has 4 aromatic rings. The van der Waals surface area contributed by atoms with Gasteiger partial charge < -0.3 is 5.32 Å². The zero-order valence-corrected chi connectivity index (χ0v) is 16.5. The van der Waals surface area contributed by atoms with Crippen LogP contribution in [0.25, 0.3) is 22.3 Å². The lowest BCUT2D eigenvalue weighted by molar-refractivity contribution is 0.632. The number of benzene rings is 4. The Morgan fingerprint density at radius 3 is 2.21 bits per heavy atom. The van der Waals surface area contributed by atoms with E-state index in [9.17, 15) is 4.39 Å². The third kappa shape index (κ3) is 2.84. The van der Waals surface area contributed by atoms with Gasteiger partial charge in [0, 0.05) is 27.9 Å². The molecular weight excluding hydrogens is 357 g/mol. The summed E-state index contributed by atoms with van der Waals surface area (Å²) in [4.78, 5) is 0. The van der Waals surface area contributed by atoms with Crippen molar-refractivity contribution in [1.29, 1.82) is 0 Å². The van der Waals surface area contributed by atoms with Gasteiger partial charge in [0.15, 0.2) is 0 Å². The van der Waals surface area contributed by atoms with Crippen LogP contribution in [0.1, 0.15) is 25.0 Å². The van der Waals surface area contributed by atoms with Crippen LogP contribution in [-0.2, 0) is 5.41 Å². The van der Waals surface area contributed by atoms with Crippen LogP contribution in [0.15, 0.2) is 91.0 Å². The molecule has 0 saturated carbocycles. The van der Waals surface area contributed by atoms with Crippen molar-refractivity contribution in [3.05, 3.63) is 108 Å². The Kier molecular flexibility index (Phi) is 4.02. The molecule has 142 valence electrons. The molecule has 29 heavy (non-hydrogen) atoms. The number of hydrogen-bond acceptors (Lipinski definition) is 1. The number of rotatable bonds is 3. The average molecular weight is 379 g/mol. The molecule has 0 bridgehead atoms. The highest BCUT2D eigenvalue weighted by atomic mass is 19.1. The molecule has 0 aromatic heterocycles. The normalized spacial score (nSPS) is 13.6. The fourth-order valence-electron chi connectivity index (χ4n) is 4.46. The first kappa shape index (κ1) is 17.7. The van der Waals surface area contributed by atoms with E-state index in [-0.39, 0.29) is 11.2 Å². The Morgan fingerprint density at radius 2 is 1.41 bits per heavy atom. The second-order valence-corrected chi connectivity index (χ2v) is 8.08. The van der Waals surface area contributed by atoms with Crippen molar-refractivity contribution in [2.45, 2.75) is 19.3 Å². The van der Waals surface area contributed by atoms with E-state index in [0.717, 1.165) is 16.9 Å². The first-order valence-corrected chi connectivity index (χ1v) is 9.91. The minimum absolute atomic E-state index is 0.0496. The second-order valence-electron chi connectivity index (χ2n) is 8.08. The summed E-state index contributed by atoms with van der Waals surface area (Å²) >= 11 is 0. The van der Waals surface area contributed by atoms with Crippen LogP contribution in [0.4, 0.5) is 15.8 Å². The maximum atomic E-state index is 14.8. The predicted octanol–water partition coefficient (Wildman–Crippen LogP) is 7.54. The zero-order chi connectivity index (χ0) is 20.0. The Morgan fingerprint density at radius 1 is 0.690 bits per heavy atom. The molecule has 0 amide bonds. The van der Waals surface area contributed by atoms with Crippen molar-refractivity contribution < 1.29 is 4.39 Å². The highest BCUT2D eigenvalue weighted by Gasteiger charge is 2.36. The summed E-state index contributed by atoms with van der Waals surface area (Å²) < 4.78 is 14.8. The standard InChI is InChI=1S/C27H22FN/c1-27(2)22-12-7-6-11-21(22)26-23(27)13-8-14-25(26)29-19-15-16-20(24(28)17-19)18-9-4-3-5-10-18/h3-17,29H,1-2H3. The molecule has 5 rings (SSSR count). The van der Waals surface area contributed by atoms with E-state index in [1.165, 1.54) is 22.3 Å². The van der Waals surface area contributed by atoms with Crippen LogP contribution >= 0.6 is 0 Å². The lowest BCUT2D eigenvalue weighted by Gasteiger charge is -2.21. The summed E-state index contributed by atoms with van der Waals surface area (Å²) in [6.07, 6.45) is 0. The van der Waals surface area contributed by atoms with Gasteiger partial charge in [0.1, 0.15) is 5.82 Å². The summed E-state index contributed by atoms with van der Waals surface area (Å²) in [7, 11) is 0. The second kappa shape index (κ2) is 6.59. The minimum Gasteiger partial charge on any atom is -0.355 e. The molecule has 0 unspecified atom stereocenters. The van der Waals surface area contributed by atoms with E-state index >= 15 is 0 Å². The summed E-state index contributed by atoms with van der Waals surface area (Å²) in [5.74, 6) is -0.227. The molecule has 0 fully saturated rings. The van der Waals surface area contributed by atoms with Gasteiger partial charge in [-0.2, -0.15) is 0 Å². The molecule has 1 aliphatic rings. The number of fused-ring (bicyclic) bond motifs is 3. The molecule has 0 spiro atoms. The molecule has 2 heteroatoms. The van der Waals surface area contributed by atoms with Crippen molar-refractivity contribution in [3.63, 3.8) is 0 Å². The van der Waals surface area contributed by atoms with Gasteiger partial charge in [0.2, 0.25) is 0 Å². The van der Waals surface area contributed by atoms with Crippen molar-refractivity contribution in [2.75, 3.05) is 5.32 Å². The van der Waals surface area contributed by atoms with Gasteiger partial charge in [-0.1, -0.05) is 80.6 Å². The van der Waals surface area contributed by atoms with Gasteiger partial charge in [-0.25, -0.2) is 4.39 Å². The first-order chi connectivity index (χ1) is 14.1. The fraction of sp³-hybridized carbons (Fsp3) is 0.111. The van der Waals surface area contributed by atoms with Crippen molar-refractivity contribution in [1.82, 2.24) is 0 Å². The molecular formula is C27H22FN. The van der Waals surface area contributed by atoms with Gasteiger partial charge in [0.25, 0.3) is 0 Å². The van der Waals surface area contributed by atoms with Crippen LogP contribution in [0.2, 0.25) is 0 Å². The van der Waals surface area contributed by atoms with Crippen molar-refractivity contribution >= 4 is 11.4 Å². The van der Waals surface area contributed by atoms with Gasteiger partial charge in [-0.3, -0.25) is 0 Å². The van der Waals surface area contributed by atoms with E-state index in [4.69, 9.17) is 0 Å². The highest BCUT2D eigenvalue weighted by Crippen LogP contribution is 2.51. The predicted molar refractivity (Wildman–Crippen MR) is 119 cm³/mol. The van der Waals surface area contributed by atoms with E-state index in [0.29, 0.717) is 5.56 Å². The van der Waals surface area contributed by atoms with E-state index in [2.05, 4.69) is 61.6 Å². The van der Waals surface area contributed by atoms with Crippen LogP contribution < -0.4 is 5.32 Å². The first-order valence-electron chi connectivity index (χ1n) is 9.91. The maximum Gasteiger partial charge on any atom is 0.133 e. The molecule has 0 radical (unpaired) electrons. The van der Waals surface area contributed by atoms with E-state index < -0.39 is 0 Å². The summed E-state index contributed by atoms with van der Waals surface area (Å²) in [6, 6.07) is 29.9. The topological polar surface area (TPSA) is 12.0 Å². The largest absolute Gasteiger partial charge is 0.355 e. The molecule has 0 atom stereocenters.